The number of halogens is 1. The normalized spacial score (nSPS) is 10.9. The van der Waals surface area contributed by atoms with E-state index >= 15 is 0 Å². The van der Waals surface area contributed by atoms with Gasteiger partial charge in [-0.2, -0.15) is 0 Å². The molecule has 3 aromatic heterocycles. The van der Waals surface area contributed by atoms with Crippen molar-refractivity contribution in [1.29, 1.82) is 0 Å². The number of aryl methyl sites for hydroxylation is 1. The Morgan fingerprint density at radius 1 is 1.43 bits per heavy atom. The molecule has 0 fully saturated rings. The van der Waals surface area contributed by atoms with Gasteiger partial charge in [0.05, 0.1) is 5.39 Å². The molecule has 7 heteroatoms. The Hall–Kier alpha value is -1.99. The zero-order chi connectivity index (χ0) is 16.6. The molecule has 0 radical (unpaired) electrons. The lowest BCUT2D eigenvalue weighted by Crippen LogP contribution is -2.15. The number of fused-ring (bicyclic) bond motifs is 1. The topological polar surface area (TPSA) is 64.0 Å². The minimum Gasteiger partial charge on any atom is -0.317 e. The molecule has 0 bridgehead atoms. The maximum absolute atomic E-state index is 12.3. The summed E-state index contributed by atoms with van der Waals surface area (Å²) in [7, 11) is 1.74. The first kappa shape index (κ1) is 15.9. The molecule has 3 aromatic rings. The number of alkyl halides is 1. The Balaban J connectivity index is 2.23. The average molecular weight is 392 g/mol. The summed E-state index contributed by atoms with van der Waals surface area (Å²) in [4.78, 5) is 28.8. The average Bonchev–Trinajstić information content (AvgIpc) is 2.95. The summed E-state index contributed by atoms with van der Waals surface area (Å²) in [6.45, 7) is 1.44. The lowest BCUT2D eigenvalue weighted by Gasteiger charge is -2.08. The van der Waals surface area contributed by atoms with Crippen molar-refractivity contribution in [3.05, 3.63) is 45.8 Å². The molecule has 5 nitrogen and oxygen atoms in total. The van der Waals surface area contributed by atoms with E-state index in [-0.39, 0.29) is 11.5 Å². The first-order valence-corrected chi connectivity index (χ1v) is 8.85. The molecule has 0 spiro atoms. The SMILES string of the molecule is CC(=O)Nc1cc(-c2cn(C)c(=O)c3cc(CBr)sc23)ccn1. The van der Waals surface area contributed by atoms with Gasteiger partial charge in [-0.3, -0.25) is 9.59 Å². The molecular formula is C16H14BrN3O2S. The molecule has 0 aliphatic carbocycles. The van der Waals surface area contributed by atoms with E-state index in [1.165, 1.54) is 6.92 Å². The quantitative estimate of drug-likeness (QED) is 0.694. The molecule has 1 amide bonds. The highest BCUT2D eigenvalue weighted by atomic mass is 79.9. The third kappa shape index (κ3) is 3.07. The maximum Gasteiger partial charge on any atom is 0.259 e. The second kappa shape index (κ2) is 6.25. The first-order valence-electron chi connectivity index (χ1n) is 6.91. The Labute approximate surface area is 145 Å². The van der Waals surface area contributed by atoms with Crippen LogP contribution in [0.5, 0.6) is 0 Å². The zero-order valence-electron chi connectivity index (χ0n) is 12.6. The van der Waals surface area contributed by atoms with E-state index in [1.54, 1.807) is 29.1 Å². The molecule has 0 saturated heterocycles. The standard InChI is InChI=1S/C16H14BrN3O2S/c1-9(21)19-14-5-10(3-4-18-14)13-8-20(2)16(22)12-6-11(7-17)23-15(12)13/h3-6,8H,7H2,1-2H3,(H,18,19,21). The largest absolute Gasteiger partial charge is 0.317 e. The van der Waals surface area contributed by atoms with Gasteiger partial charge in [0.2, 0.25) is 5.91 Å². The van der Waals surface area contributed by atoms with Crippen molar-refractivity contribution in [2.24, 2.45) is 7.05 Å². The fourth-order valence-electron chi connectivity index (χ4n) is 2.42. The minimum absolute atomic E-state index is 0.0108. The number of aromatic nitrogens is 2. The second-order valence-electron chi connectivity index (χ2n) is 5.16. The number of pyridine rings is 2. The molecule has 0 aliphatic rings. The second-order valence-corrected chi connectivity index (χ2v) is 6.86. The lowest BCUT2D eigenvalue weighted by molar-refractivity contribution is -0.114. The van der Waals surface area contributed by atoms with E-state index in [0.717, 1.165) is 20.7 Å². The van der Waals surface area contributed by atoms with Crippen LogP contribution in [0.25, 0.3) is 21.2 Å². The van der Waals surface area contributed by atoms with Gasteiger partial charge in [-0.05, 0) is 23.8 Å². The number of carbonyl (C=O) groups excluding carboxylic acids is 1. The van der Waals surface area contributed by atoms with Gasteiger partial charge in [0.1, 0.15) is 5.82 Å². The molecular weight excluding hydrogens is 378 g/mol. The van der Waals surface area contributed by atoms with Crippen LogP contribution in [0.15, 0.2) is 35.4 Å². The Kier molecular flexibility index (Phi) is 4.32. The highest BCUT2D eigenvalue weighted by Crippen LogP contribution is 2.34. The Morgan fingerprint density at radius 2 is 2.22 bits per heavy atom. The van der Waals surface area contributed by atoms with Gasteiger partial charge in [-0.1, -0.05) is 15.9 Å². The number of hydrogen-bond acceptors (Lipinski definition) is 4. The third-order valence-corrected chi connectivity index (χ3v) is 5.55. The van der Waals surface area contributed by atoms with Gasteiger partial charge in [-0.15, -0.1) is 11.3 Å². The molecule has 23 heavy (non-hydrogen) atoms. The van der Waals surface area contributed by atoms with Crippen LogP contribution in [0.2, 0.25) is 0 Å². The van der Waals surface area contributed by atoms with Crippen molar-refractivity contribution in [2.75, 3.05) is 5.32 Å². The predicted molar refractivity (Wildman–Crippen MR) is 97.2 cm³/mol. The van der Waals surface area contributed by atoms with Gasteiger partial charge in [0, 0.05) is 46.8 Å². The maximum atomic E-state index is 12.3. The molecule has 0 atom stereocenters. The van der Waals surface area contributed by atoms with Crippen LogP contribution in [0, 0.1) is 0 Å². The number of carbonyl (C=O) groups is 1. The number of thiophene rings is 1. The number of nitrogens with zero attached hydrogens (tertiary/aromatic N) is 2. The number of anilines is 1. The number of rotatable bonds is 3. The van der Waals surface area contributed by atoms with Crippen LogP contribution in [-0.4, -0.2) is 15.5 Å². The highest BCUT2D eigenvalue weighted by Gasteiger charge is 2.13. The predicted octanol–water partition coefficient (Wildman–Crippen LogP) is 3.52. The molecule has 1 N–H and O–H groups in total. The van der Waals surface area contributed by atoms with E-state index in [9.17, 15) is 9.59 Å². The number of amides is 1. The van der Waals surface area contributed by atoms with Gasteiger partial charge in [0.15, 0.2) is 0 Å². The van der Waals surface area contributed by atoms with Gasteiger partial charge >= 0.3 is 0 Å². The van der Waals surface area contributed by atoms with Crippen LogP contribution in [0.3, 0.4) is 0 Å². The van der Waals surface area contributed by atoms with Crippen LogP contribution in [-0.2, 0) is 17.2 Å². The summed E-state index contributed by atoms with van der Waals surface area (Å²) in [5.74, 6) is 0.326. The molecule has 0 unspecified atom stereocenters. The molecule has 0 saturated carbocycles. The van der Waals surface area contributed by atoms with Crippen molar-refractivity contribution >= 4 is 49.1 Å². The highest BCUT2D eigenvalue weighted by molar-refractivity contribution is 9.08. The van der Waals surface area contributed by atoms with Crippen molar-refractivity contribution in [2.45, 2.75) is 12.3 Å². The van der Waals surface area contributed by atoms with Crippen molar-refractivity contribution in [3.63, 3.8) is 0 Å². The van der Waals surface area contributed by atoms with Crippen molar-refractivity contribution < 1.29 is 4.79 Å². The third-order valence-electron chi connectivity index (χ3n) is 3.41. The van der Waals surface area contributed by atoms with Crippen LogP contribution >= 0.6 is 27.3 Å². The molecule has 118 valence electrons. The fraction of sp³-hybridized carbons (Fsp3) is 0.188. The minimum atomic E-state index is -0.169. The van der Waals surface area contributed by atoms with E-state index in [0.29, 0.717) is 16.5 Å². The van der Waals surface area contributed by atoms with E-state index < -0.39 is 0 Å². The summed E-state index contributed by atoms with van der Waals surface area (Å²) >= 11 is 5.04. The van der Waals surface area contributed by atoms with Crippen LogP contribution < -0.4 is 10.9 Å². The summed E-state index contributed by atoms with van der Waals surface area (Å²) in [6.07, 6.45) is 3.47. The fourth-order valence-corrected chi connectivity index (χ4v) is 3.96. The zero-order valence-corrected chi connectivity index (χ0v) is 15.0. The summed E-state index contributed by atoms with van der Waals surface area (Å²) in [5, 5.41) is 4.10. The first-order chi connectivity index (χ1) is 11.0. The summed E-state index contributed by atoms with van der Waals surface area (Å²) < 4.78 is 2.53. The molecule has 0 aromatic carbocycles. The molecule has 3 heterocycles. The van der Waals surface area contributed by atoms with Crippen LogP contribution in [0.1, 0.15) is 11.8 Å². The van der Waals surface area contributed by atoms with Crippen molar-refractivity contribution in [3.8, 4) is 11.1 Å². The van der Waals surface area contributed by atoms with Crippen molar-refractivity contribution in [1.82, 2.24) is 9.55 Å². The Bertz CT molecular complexity index is 962. The Morgan fingerprint density at radius 3 is 2.91 bits per heavy atom. The van der Waals surface area contributed by atoms with Gasteiger partial charge in [0.25, 0.3) is 5.56 Å². The lowest BCUT2D eigenvalue weighted by atomic mass is 10.1. The number of nitrogens with one attached hydrogen (secondary N) is 1. The van der Waals surface area contributed by atoms with Gasteiger partial charge < -0.3 is 9.88 Å². The van der Waals surface area contributed by atoms with Crippen LogP contribution in [0.4, 0.5) is 5.82 Å². The smallest absolute Gasteiger partial charge is 0.259 e. The van der Waals surface area contributed by atoms with E-state index in [4.69, 9.17) is 0 Å². The summed E-state index contributed by atoms with van der Waals surface area (Å²) in [5.41, 5.74) is 1.85. The monoisotopic (exact) mass is 391 g/mol. The van der Waals surface area contributed by atoms with Gasteiger partial charge in [-0.25, -0.2) is 4.98 Å². The molecule has 3 rings (SSSR count). The summed E-state index contributed by atoms with van der Waals surface area (Å²) in [6, 6.07) is 5.61. The van der Waals surface area contributed by atoms with E-state index in [2.05, 4.69) is 26.2 Å². The van der Waals surface area contributed by atoms with E-state index in [1.807, 2.05) is 24.4 Å². The number of hydrogen-bond donors (Lipinski definition) is 1. The molecule has 0 aliphatic heterocycles.